The average molecular weight is 678 g/mol. The van der Waals surface area contributed by atoms with Crippen molar-refractivity contribution in [2.24, 2.45) is 35.5 Å². The SMILES string of the molecule is CC=C1C(=CC)C(c2ccc(C)cc2)C2C3CCC(c4ccc5cc(-c6ccc(C#N)cc6)ccc5c4)C4CCCC(C43)C2C1c1ccc(C)cc1. The largest absolute Gasteiger partial charge is 0.192 e. The monoisotopic (exact) mass is 677 g/mol. The molecule has 9 unspecified atom stereocenters. The van der Waals surface area contributed by atoms with E-state index in [9.17, 15) is 5.26 Å². The minimum Gasteiger partial charge on any atom is -0.192 e. The summed E-state index contributed by atoms with van der Waals surface area (Å²) in [7, 11) is 0. The molecule has 260 valence electrons. The van der Waals surface area contributed by atoms with Gasteiger partial charge < -0.3 is 0 Å². The second kappa shape index (κ2) is 13.4. The van der Waals surface area contributed by atoms with Crippen LogP contribution in [0.4, 0.5) is 0 Å². The molecule has 5 aromatic carbocycles. The molecule has 0 bridgehead atoms. The standard InChI is InChI=1S/C51H51N/c1-5-41-42(6-2)48(36-18-12-32(4)13-19-36)51-46-27-26-43(44-8-7-9-45(49(44)46)50(51)47(41)35-16-10-31(3)11-17-35)40-25-24-38-28-37(22-23-39(38)29-40)34-20-14-33(30-52)15-21-34/h5-6,10-25,28-29,43-51H,7-9,26-27H2,1-4H3. The molecule has 9 rings (SSSR count). The van der Waals surface area contributed by atoms with Gasteiger partial charge in [0.1, 0.15) is 0 Å². The van der Waals surface area contributed by atoms with Crippen molar-refractivity contribution in [2.75, 3.05) is 0 Å². The molecule has 0 aromatic heterocycles. The van der Waals surface area contributed by atoms with Crippen molar-refractivity contribution in [3.8, 4) is 17.2 Å². The molecule has 0 spiro atoms. The summed E-state index contributed by atoms with van der Waals surface area (Å²) < 4.78 is 0. The number of hydrogen-bond donors (Lipinski definition) is 0. The quantitative estimate of drug-likeness (QED) is 0.186. The van der Waals surface area contributed by atoms with Gasteiger partial charge in [-0.25, -0.2) is 0 Å². The molecule has 4 fully saturated rings. The predicted octanol–water partition coefficient (Wildman–Crippen LogP) is 13.2. The molecule has 0 N–H and O–H groups in total. The van der Waals surface area contributed by atoms with E-state index in [4.69, 9.17) is 0 Å². The van der Waals surface area contributed by atoms with Crippen LogP contribution in [0.15, 0.2) is 132 Å². The minimum atomic E-state index is 0.460. The molecular weight excluding hydrogens is 627 g/mol. The van der Waals surface area contributed by atoms with Crippen LogP contribution >= 0.6 is 0 Å². The zero-order chi connectivity index (χ0) is 35.5. The Bertz CT molecular complexity index is 2130. The third-order valence-corrected chi connectivity index (χ3v) is 14.2. The lowest BCUT2D eigenvalue weighted by Gasteiger charge is -2.47. The van der Waals surface area contributed by atoms with Crippen LogP contribution in [-0.4, -0.2) is 0 Å². The van der Waals surface area contributed by atoms with Gasteiger partial charge in [-0.15, -0.1) is 0 Å². The highest BCUT2D eigenvalue weighted by molar-refractivity contribution is 5.88. The molecular formula is C51H51N. The first-order valence-corrected chi connectivity index (χ1v) is 20.0. The lowest BCUT2D eigenvalue weighted by atomic mass is 9.56. The number of benzene rings is 5. The first kappa shape index (κ1) is 33.2. The molecule has 0 heterocycles. The second-order valence-electron chi connectivity index (χ2n) is 16.6. The summed E-state index contributed by atoms with van der Waals surface area (Å²) in [6.45, 7) is 9.07. The van der Waals surface area contributed by atoms with Crippen molar-refractivity contribution in [3.63, 3.8) is 0 Å². The summed E-state index contributed by atoms with van der Waals surface area (Å²) in [6.07, 6.45) is 11.7. The average Bonchev–Trinajstić information content (AvgIpc) is 3.52. The van der Waals surface area contributed by atoms with Gasteiger partial charge in [0.15, 0.2) is 0 Å². The maximum atomic E-state index is 9.25. The van der Waals surface area contributed by atoms with Gasteiger partial charge in [-0.05, 0) is 163 Å². The highest BCUT2D eigenvalue weighted by atomic mass is 14.7. The summed E-state index contributed by atoms with van der Waals surface area (Å²) in [4.78, 5) is 0. The number of aryl methyl sites for hydroxylation is 2. The van der Waals surface area contributed by atoms with Crippen molar-refractivity contribution in [1.82, 2.24) is 0 Å². The Balaban J connectivity index is 1.11. The zero-order valence-electron chi connectivity index (χ0n) is 31.2. The van der Waals surface area contributed by atoms with Crippen LogP contribution in [-0.2, 0) is 0 Å². The smallest absolute Gasteiger partial charge is 0.0991 e. The van der Waals surface area contributed by atoms with E-state index in [0.29, 0.717) is 35.2 Å². The Hall–Kier alpha value is -4.67. The number of allylic oxidation sites excluding steroid dienone is 4. The summed E-state index contributed by atoms with van der Waals surface area (Å²) in [5, 5.41) is 11.9. The first-order valence-electron chi connectivity index (χ1n) is 20.0. The van der Waals surface area contributed by atoms with Crippen LogP contribution in [0, 0.1) is 60.7 Å². The maximum Gasteiger partial charge on any atom is 0.0991 e. The van der Waals surface area contributed by atoms with Gasteiger partial charge in [0.2, 0.25) is 0 Å². The Morgan fingerprint density at radius 2 is 1.04 bits per heavy atom. The van der Waals surface area contributed by atoms with E-state index in [1.165, 1.54) is 70.7 Å². The Morgan fingerprint density at radius 3 is 1.63 bits per heavy atom. The maximum absolute atomic E-state index is 9.25. The highest BCUT2D eigenvalue weighted by Gasteiger charge is 2.63. The number of hydrogen-bond acceptors (Lipinski definition) is 1. The number of rotatable bonds is 4. The van der Waals surface area contributed by atoms with E-state index >= 15 is 0 Å². The molecule has 0 radical (unpaired) electrons. The lowest BCUT2D eigenvalue weighted by molar-refractivity contribution is 0.0615. The molecule has 9 atom stereocenters. The Kier molecular flexibility index (Phi) is 8.54. The molecule has 52 heavy (non-hydrogen) atoms. The lowest BCUT2D eigenvalue weighted by Crippen LogP contribution is -2.38. The predicted molar refractivity (Wildman–Crippen MR) is 216 cm³/mol. The number of fused-ring (bicyclic) bond motifs is 4. The van der Waals surface area contributed by atoms with Crippen molar-refractivity contribution in [1.29, 1.82) is 5.26 Å². The number of nitriles is 1. The van der Waals surface area contributed by atoms with E-state index in [-0.39, 0.29) is 0 Å². The third-order valence-electron chi connectivity index (χ3n) is 14.2. The summed E-state index contributed by atoms with van der Waals surface area (Å²) in [6, 6.07) is 43.8. The van der Waals surface area contributed by atoms with Crippen molar-refractivity contribution < 1.29 is 0 Å². The normalized spacial score (nSPS) is 30.9. The van der Waals surface area contributed by atoms with Gasteiger partial charge in [-0.1, -0.05) is 121 Å². The van der Waals surface area contributed by atoms with Crippen LogP contribution in [0.25, 0.3) is 21.9 Å². The van der Waals surface area contributed by atoms with Crippen LogP contribution < -0.4 is 0 Å². The molecule has 4 aliphatic rings. The van der Waals surface area contributed by atoms with Crippen LogP contribution in [0.1, 0.15) is 97.1 Å². The second-order valence-corrected chi connectivity index (χ2v) is 16.6. The topological polar surface area (TPSA) is 23.8 Å². The number of nitrogens with zero attached hydrogens (tertiary/aromatic N) is 1. The van der Waals surface area contributed by atoms with Crippen molar-refractivity contribution in [2.45, 2.75) is 77.6 Å². The van der Waals surface area contributed by atoms with Crippen LogP contribution in [0.2, 0.25) is 0 Å². The van der Waals surface area contributed by atoms with Gasteiger partial charge in [0.25, 0.3) is 0 Å². The van der Waals surface area contributed by atoms with Gasteiger partial charge in [0.05, 0.1) is 11.6 Å². The molecule has 0 amide bonds. The summed E-state index contributed by atoms with van der Waals surface area (Å²) in [5.74, 6) is 5.94. The van der Waals surface area contributed by atoms with Crippen LogP contribution in [0.3, 0.4) is 0 Å². The highest BCUT2D eigenvalue weighted by Crippen LogP contribution is 2.71. The van der Waals surface area contributed by atoms with Gasteiger partial charge >= 0.3 is 0 Å². The van der Waals surface area contributed by atoms with E-state index in [1.807, 2.05) is 12.1 Å². The molecule has 0 saturated heterocycles. The fourth-order valence-corrected chi connectivity index (χ4v) is 12.2. The van der Waals surface area contributed by atoms with E-state index in [2.05, 4.69) is 143 Å². The van der Waals surface area contributed by atoms with Crippen molar-refractivity contribution >= 4 is 10.8 Å². The zero-order valence-corrected chi connectivity index (χ0v) is 31.2. The fourth-order valence-electron chi connectivity index (χ4n) is 12.2. The molecule has 4 saturated carbocycles. The molecule has 0 aliphatic heterocycles. The molecule has 5 aromatic rings. The summed E-state index contributed by atoms with van der Waals surface area (Å²) in [5.41, 5.74) is 13.6. The molecule has 1 heteroatoms. The summed E-state index contributed by atoms with van der Waals surface area (Å²) >= 11 is 0. The van der Waals surface area contributed by atoms with Gasteiger partial charge in [0, 0.05) is 11.8 Å². The third kappa shape index (κ3) is 5.41. The van der Waals surface area contributed by atoms with Gasteiger partial charge in [-0.3, -0.25) is 0 Å². The first-order chi connectivity index (χ1) is 25.5. The minimum absolute atomic E-state index is 0.460. The van der Waals surface area contributed by atoms with Crippen molar-refractivity contribution in [3.05, 3.63) is 166 Å². The van der Waals surface area contributed by atoms with E-state index in [0.717, 1.165) is 29.2 Å². The van der Waals surface area contributed by atoms with Crippen LogP contribution in [0.5, 0.6) is 0 Å². The van der Waals surface area contributed by atoms with Gasteiger partial charge in [-0.2, -0.15) is 5.26 Å². The molecule has 1 nitrogen and oxygen atoms in total. The Morgan fingerprint density at radius 1 is 0.519 bits per heavy atom. The van der Waals surface area contributed by atoms with E-state index < -0.39 is 0 Å². The Labute approximate surface area is 311 Å². The molecule has 4 aliphatic carbocycles. The fraction of sp³-hybridized carbons (Fsp3) is 0.353. The van der Waals surface area contributed by atoms with E-state index in [1.54, 1.807) is 16.7 Å².